The van der Waals surface area contributed by atoms with Crippen molar-refractivity contribution in [3.8, 4) is 0 Å². The second-order valence-electron chi connectivity index (χ2n) is 8.57. The summed E-state index contributed by atoms with van der Waals surface area (Å²) in [6.45, 7) is 11.2. The lowest BCUT2D eigenvalue weighted by atomic mass is 9.97. The molecule has 0 aromatic heterocycles. The maximum Gasteiger partial charge on any atom is 0.282 e. The predicted molar refractivity (Wildman–Crippen MR) is 120 cm³/mol. The molecule has 0 bridgehead atoms. The highest BCUT2D eigenvalue weighted by molar-refractivity contribution is 6.45. The number of nitrogens with zero attached hydrogens (tertiary/aromatic N) is 3. The van der Waals surface area contributed by atoms with Crippen molar-refractivity contribution in [1.29, 1.82) is 0 Å². The lowest BCUT2D eigenvalue weighted by Gasteiger charge is -2.34. The lowest BCUT2D eigenvalue weighted by Crippen LogP contribution is -2.46. The standard InChI is InChI=1S/C25H29N3O2/c1-16-6-8-20(18(3)14-16)22-23(27-12-10-26(5)11-13-27)25(30)28(24(22)29)21-9-7-17(2)15-19(21)4/h6-9,14-15H,10-13H2,1-5H3. The van der Waals surface area contributed by atoms with Gasteiger partial charge in [-0.05, 0) is 57.5 Å². The van der Waals surface area contributed by atoms with Crippen molar-refractivity contribution in [3.05, 3.63) is 69.9 Å². The summed E-state index contributed by atoms with van der Waals surface area (Å²) in [4.78, 5) is 33.1. The van der Waals surface area contributed by atoms with Gasteiger partial charge in [-0.1, -0.05) is 41.5 Å². The maximum atomic E-state index is 13.7. The second-order valence-corrected chi connectivity index (χ2v) is 8.57. The van der Waals surface area contributed by atoms with E-state index < -0.39 is 0 Å². The van der Waals surface area contributed by atoms with Crippen LogP contribution in [0, 0.1) is 27.7 Å². The Morgan fingerprint density at radius 1 is 0.733 bits per heavy atom. The maximum absolute atomic E-state index is 13.7. The molecule has 2 aliphatic heterocycles. The summed E-state index contributed by atoms with van der Waals surface area (Å²) in [5, 5.41) is 0. The fraction of sp³-hybridized carbons (Fsp3) is 0.360. The van der Waals surface area contributed by atoms with Crippen molar-refractivity contribution in [2.24, 2.45) is 0 Å². The number of anilines is 1. The number of aryl methyl sites for hydroxylation is 4. The van der Waals surface area contributed by atoms with Crippen LogP contribution in [0.4, 0.5) is 5.69 Å². The minimum absolute atomic E-state index is 0.216. The molecule has 0 spiro atoms. The van der Waals surface area contributed by atoms with Gasteiger partial charge in [-0.2, -0.15) is 0 Å². The molecule has 0 saturated carbocycles. The number of carbonyl (C=O) groups is 2. The SMILES string of the molecule is Cc1ccc(C2=C(N3CCN(C)CC3)C(=O)N(c3ccc(C)cc3C)C2=O)c(C)c1. The molecule has 1 fully saturated rings. The Hall–Kier alpha value is -2.92. The largest absolute Gasteiger partial charge is 0.364 e. The van der Waals surface area contributed by atoms with E-state index in [2.05, 4.69) is 22.9 Å². The van der Waals surface area contributed by atoms with Gasteiger partial charge in [0.25, 0.3) is 11.8 Å². The minimum Gasteiger partial charge on any atom is -0.364 e. The molecular formula is C25H29N3O2. The van der Waals surface area contributed by atoms with Crippen molar-refractivity contribution < 1.29 is 9.59 Å². The third-order valence-corrected chi connectivity index (χ3v) is 6.12. The average molecular weight is 404 g/mol. The third-order valence-electron chi connectivity index (χ3n) is 6.12. The van der Waals surface area contributed by atoms with E-state index in [1.54, 1.807) is 0 Å². The molecule has 2 aromatic carbocycles. The summed E-state index contributed by atoms with van der Waals surface area (Å²) >= 11 is 0. The van der Waals surface area contributed by atoms with Gasteiger partial charge in [-0.3, -0.25) is 9.59 Å². The molecular weight excluding hydrogens is 374 g/mol. The highest BCUT2D eigenvalue weighted by Crippen LogP contribution is 2.37. The third kappa shape index (κ3) is 3.43. The first kappa shape index (κ1) is 20.4. The number of rotatable bonds is 3. The molecule has 0 atom stereocenters. The van der Waals surface area contributed by atoms with Gasteiger partial charge in [0, 0.05) is 26.2 Å². The van der Waals surface area contributed by atoms with Gasteiger partial charge in [0.2, 0.25) is 0 Å². The van der Waals surface area contributed by atoms with E-state index in [0.717, 1.165) is 54.0 Å². The van der Waals surface area contributed by atoms with Gasteiger partial charge in [-0.15, -0.1) is 0 Å². The predicted octanol–water partition coefficient (Wildman–Crippen LogP) is 3.45. The van der Waals surface area contributed by atoms with Crippen LogP contribution in [0.5, 0.6) is 0 Å². The fourth-order valence-electron chi connectivity index (χ4n) is 4.45. The van der Waals surface area contributed by atoms with Crippen LogP contribution in [0.2, 0.25) is 0 Å². The van der Waals surface area contributed by atoms with Gasteiger partial charge in [0.15, 0.2) is 0 Å². The van der Waals surface area contributed by atoms with Crippen LogP contribution in [-0.4, -0.2) is 54.8 Å². The second kappa shape index (κ2) is 7.73. The molecule has 0 N–H and O–H groups in total. The molecule has 2 heterocycles. The molecule has 5 nitrogen and oxygen atoms in total. The smallest absolute Gasteiger partial charge is 0.282 e. The number of hydrogen-bond donors (Lipinski definition) is 0. The topological polar surface area (TPSA) is 43.9 Å². The van der Waals surface area contributed by atoms with Gasteiger partial charge in [0.1, 0.15) is 5.70 Å². The number of likely N-dealkylation sites (N-methyl/N-ethyl adjacent to an activating group) is 1. The van der Waals surface area contributed by atoms with Crippen LogP contribution in [0.3, 0.4) is 0 Å². The van der Waals surface area contributed by atoms with Crippen molar-refractivity contribution >= 4 is 23.1 Å². The number of hydrogen-bond acceptors (Lipinski definition) is 4. The Labute approximate surface area is 178 Å². The van der Waals surface area contributed by atoms with E-state index in [9.17, 15) is 9.59 Å². The first-order valence-electron chi connectivity index (χ1n) is 10.5. The number of piperazine rings is 1. The first-order valence-corrected chi connectivity index (χ1v) is 10.5. The van der Waals surface area contributed by atoms with Crippen molar-refractivity contribution in [1.82, 2.24) is 9.80 Å². The summed E-state index contributed by atoms with van der Waals surface area (Å²) in [7, 11) is 2.08. The van der Waals surface area contributed by atoms with Gasteiger partial charge < -0.3 is 9.80 Å². The van der Waals surface area contributed by atoms with E-state index in [1.807, 2.05) is 58.0 Å². The molecule has 2 aromatic rings. The summed E-state index contributed by atoms with van der Waals surface area (Å²) in [6.07, 6.45) is 0. The van der Waals surface area contributed by atoms with Crippen LogP contribution >= 0.6 is 0 Å². The molecule has 0 radical (unpaired) electrons. The number of benzene rings is 2. The first-order chi connectivity index (χ1) is 14.3. The molecule has 0 aliphatic carbocycles. The zero-order valence-corrected chi connectivity index (χ0v) is 18.5. The Morgan fingerprint density at radius 2 is 1.33 bits per heavy atom. The van der Waals surface area contributed by atoms with Crippen LogP contribution in [0.1, 0.15) is 27.8 Å². The van der Waals surface area contributed by atoms with Crippen LogP contribution in [-0.2, 0) is 9.59 Å². The average Bonchev–Trinajstić information content (AvgIpc) is 2.93. The lowest BCUT2D eigenvalue weighted by molar-refractivity contribution is -0.120. The minimum atomic E-state index is -0.229. The van der Waals surface area contributed by atoms with Crippen LogP contribution < -0.4 is 4.90 Å². The molecule has 4 rings (SSSR count). The number of amides is 2. The van der Waals surface area contributed by atoms with E-state index in [4.69, 9.17) is 0 Å². The van der Waals surface area contributed by atoms with Gasteiger partial charge >= 0.3 is 0 Å². The molecule has 5 heteroatoms. The Morgan fingerprint density at radius 3 is 1.93 bits per heavy atom. The number of carbonyl (C=O) groups excluding carboxylic acids is 2. The molecule has 30 heavy (non-hydrogen) atoms. The summed E-state index contributed by atoms with van der Waals surface area (Å²) in [5.74, 6) is -0.445. The molecule has 1 saturated heterocycles. The van der Waals surface area contributed by atoms with Crippen molar-refractivity contribution in [2.75, 3.05) is 38.1 Å². The number of imide groups is 1. The van der Waals surface area contributed by atoms with E-state index in [0.29, 0.717) is 17.0 Å². The Bertz CT molecular complexity index is 1060. The highest BCUT2D eigenvalue weighted by Gasteiger charge is 2.43. The van der Waals surface area contributed by atoms with E-state index >= 15 is 0 Å². The summed E-state index contributed by atoms with van der Waals surface area (Å²) in [5.41, 5.74) is 6.78. The van der Waals surface area contributed by atoms with Crippen molar-refractivity contribution in [2.45, 2.75) is 27.7 Å². The molecule has 156 valence electrons. The zero-order valence-electron chi connectivity index (χ0n) is 18.5. The highest BCUT2D eigenvalue weighted by atomic mass is 16.2. The molecule has 0 unspecified atom stereocenters. The van der Waals surface area contributed by atoms with Gasteiger partial charge in [-0.25, -0.2) is 4.90 Å². The zero-order chi connectivity index (χ0) is 21.6. The monoisotopic (exact) mass is 403 g/mol. The summed E-state index contributed by atoms with van der Waals surface area (Å²) in [6, 6.07) is 11.9. The van der Waals surface area contributed by atoms with E-state index in [1.165, 1.54) is 4.90 Å². The quantitative estimate of drug-likeness (QED) is 0.737. The fourth-order valence-corrected chi connectivity index (χ4v) is 4.45. The van der Waals surface area contributed by atoms with Crippen molar-refractivity contribution in [3.63, 3.8) is 0 Å². The van der Waals surface area contributed by atoms with Crippen LogP contribution in [0.15, 0.2) is 42.1 Å². The van der Waals surface area contributed by atoms with Crippen LogP contribution in [0.25, 0.3) is 5.57 Å². The van der Waals surface area contributed by atoms with Gasteiger partial charge in [0.05, 0.1) is 11.3 Å². The van der Waals surface area contributed by atoms with E-state index in [-0.39, 0.29) is 11.8 Å². The Balaban J connectivity index is 1.86. The Kier molecular flexibility index (Phi) is 5.24. The summed E-state index contributed by atoms with van der Waals surface area (Å²) < 4.78 is 0. The molecule has 2 aliphatic rings. The molecule has 2 amide bonds. The normalized spacial score (nSPS) is 18.0.